The summed E-state index contributed by atoms with van der Waals surface area (Å²) in [6.07, 6.45) is -11.4. The zero-order chi connectivity index (χ0) is 28.6. The van der Waals surface area contributed by atoms with Gasteiger partial charge in [0.1, 0.15) is 0 Å². The maximum absolute atomic E-state index is 14.5. The minimum atomic E-state index is -5.72. The number of hydrogen-bond donors (Lipinski definition) is 6. The fraction of sp³-hybridized carbons (Fsp3) is 0.111. The van der Waals surface area contributed by atoms with Crippen LogP contribution in [0.25, 0.3) is 0 Å². The Hall–Kier alpha value is -4.74. The van der Waals surface area contributed by atoms with Gasteiger partial charge in [0.2, 0.25) is 5.41 Å². The Bertz CT molecular complexity index is 1350. The molecule has 0 heterocycles. The lowest BCUT2D eigenvalue weighted by Gasteiger charge is -2.38. The molecule has 6 nitrogen and oxygen atoms in total. The van der Waals surface area contributed by atoms with Crippen molar-refractivity contribution in [3.05, 3.63) is 96.1 Å². The molecule has 0 saturated heterocycles. The summed E-state index contributed by atoms with van der Waals surface area (Å²) in [7, 11) is 0. The van der Waals surface area contributed by atoms with Gasteiger partial charge < -0.3 is 33.6 Å². The molecule has 0 unspecified atom stereocenters. The van der Waals surface area contributed by atoms with E-state index in [1.807, 2.05) is 0 Å². The molecule has 0 aliphatic carbocycles. The van der Waals surface area contributed by atoms with Gasteiger partial charge in [0.25, 0.3) is 0 Å². The normalized spacial score (nSPS) is 12.3. The van der Waals surface area contributed by atoms with Crippen molar-refractivity contribution in [2.75, 3.05) is 33.6 Å². The Labute approximate surface area is 219 Å². The van der Waals surface area contributed by atoms with Gasteiger partial charge in [-0.15, -0.1) is 0 Å². The lowest BCUT2D eigenvalue weighted by molar-refractivity contribution is -0.288. The second kappa shape index (κ2) is 9.86. The van der Waals surface area contributed by atoms with Crippen LogP contribution < -0.4 is 33.6 Å². The van der Waals surface area contributed by atoms with Crippen LogP contribution in [0, 0.1) is 0 Å². The predicted octanol–water partition coefficient (Wildman–Crippen LogP) is 6.91. The molecule has 0 fully saturated rings. The third-order valence-corrected chi connectivity index (χ3v) is 6.20. The molecule has 0 spiro atoms. The van der Waals surface area contributed by atoms with Crippen molar-refractivity contribution in [3.63, 3.8) is 0 Å². The van der Waals surface area contributed by atoms with E-state index in [1.54, 1.807) is 24.3 Å². The quantitative estimate of drug-likeness (QED) is 0.115. The van der Waals surface area contributed by atoms with Crippen molar-refractivity contribution in [2.24, 2.45) is 0 Å². The number of halogens is 6. The molecule has 4 aromatic rings. The summed E-state index contributed by atoms with van der Waals surface area (Å²) < 4.78 is 87.1. The van der Waals surface area contributed by atoms with Gasteiger partial charge in [-0.25, -0.2) is 0 Å². The van der Waals surface area contributed by atoms with Crippen molar-refractivity contribution in [3.8, 4) is 0 Å². The lowest BCUT2D eigenvalue weighted by Crippen LogP contribution is -2.54. The molecule has 4 aromatic carbocycles. The minimum absolute atomic E-state index is 0.231. The molecule has 204 valence electrons. The van der Waals surface area contributed by atoms with Crippen LogP contribution in [0.1, 0.15) is 11.1 Å². The molecule has 0 aliphatic rings. The van der Waals surface area contributed by atoms with Gasteiger partial charge in [-0.05, 0) is 71.8 Å². The highest BCUT2D eigenvalue weighted by atomic mass is 19.4. The highest BCUT2D eigenvalue weighted by Gasteiger charge is 2.72. The zero-order valence-electron chi connectivity index (χ0n) is 20.2. The maximum atomic E-state index is 14.5. The molecule has 0 aliphatic heterocycles. The van der Waals surface area contributed by atoms with E-state index in [2.05, 4.69) is 10.6 Å². The molecule has 10 N–H and O–H groups in total. The first-order valence-corrected chi connectivity index (χ1v) is 11.4. The van der Waals surface area contributed by atoms with Gasteiger partial charge in [0.05, 0.1) is 22.7 Å². The molecule has 0 radical (unpaired) electrons. The van der Waals surface area contributed by atoms with Gasteiger partial charge in [0.15, 0.2) is 0 Å². The largest absolute Gasteiger partial charge is 0.411 e. The van der Waals surface area contributed by atoms with Crippen LogP contribution in [0.15, 0.2) is 84.9 Å². The summed E-state index contributed by atoms with van der Waals surface area (Å²) in [4.78, 5) is 0. The van der Waals surface area contributed by atoms with E-state index in [1.165, 1.54) is 12.1 Å². The number of nitrogen functional groups attached to an aromatic ring is 4. The topological polar surface area (TPSA) is 128 Å². The van der Waals surface area contributed by atoms with Crippen LogP contribution in [0.3, 0.4) is 0 Å². The first-order valence-electron chi connectivity index (χ1n) is 11.4. The Morgan fingerprint density at radius 3 is 1.08 bits per heavy atom. The van der Waals surface area contributed by atoms with E-state index in [4.69, 9.17) is 22.9 Å². The van der Waals surface area contributed by atoms with Gasteiger partial charge in [-0.1, -0.05) is 24.3 Å². The molecule has 0 amide bonds. The van der Waals surface area contributed by atoms with E-state index < -0.39 is 28.9 Å². The van der Waals surface area contributed by atoms with Crippen LogP contribution in [0.5, 0.6) is 0 Å². The van der Waals surface area contributed by atoms with Crippen LogP contribution in [-0.2, 0) is 5.41 Å². The van der Waals surface area contributed by atoms with Gasteiger partial charge in [-0.3, -0.25) is 0 Å². The number of nitrogens with one attached hydrogen (secondary N) is 2. The molecule has 0 aromatic heterocycles. The Kier molecular flexibility index (Phi) is 6.90. The van der Waals surface area contributed by atoms with E-state index >= 15 is 0 Å². The Morgan fingerprint density at radius 1 is 0.462 bits per heavy atom. The highest BCUT2D eigenvalue weighted by molar-refractivity contribution is 5.77. The van der Waals surface area contributed by atoms with Gasteiger partial charge in [-0.2, -0.15) is 26.3 Å². The van der Waals surface area contributed by atoms with Crippen molar-refractivity contribution >= 4 is 45.5 Å². The minimum Gasteiger partial charge on any atom is -0.399 e. The molecule has 0 saturated carbocycles. The Balaban J connectivity index is 1.73. The second-order valence-corrected chi connectivity index (χ2v) is 8.84. The first kappa shape index (κ1) is 27.3. The lowest BCUT2D eigenvalue weighted by atomic mass is 9.73. The number of anilines is 8. The number of rotatable bonds is 6. The summed E-state index contributed by atoms with van der Waals surface area (Å²) >= 11 is 0. The monoisotopic (exact) mass is 546 g/mol. The van der Waals surface area contributed by atoms with E-state index in [9.17, 15) is 26.3 Å². The fourth-order valence-electron chi connectivity index (χ4n) is 4.29. The van der Waals surface area contributed by atoms with Crippen molar-refractivity contribution < 1.29 is 26.3 Å². The second-order valence-electron chi connectivity index (χ2n) is 8.84. The molecule has 39 heavy (non-hydrogen) atoms. The molecule has 0 bridgehead atoms. The average molecular weight is 547 g/mol. The third-order valence-electron chi connectivity index (χ3n) is 6.20. The van der Waals surface area contributed by atoms with Crippen molar-refractivity contribution in [1.29, 1.82) is 0 Å². The highest BCUT2D eigenvalue weighted by Crippen LogP contribution is 2.56. The number of hydrogen-bond acceptors (Lipinski definition) is 6. The van der Waals surface area contributed by atoms with E-state index in [-0.39, 0.29) is 22.7 Å². The first-order chi connectivity index (χ1) is 18.2. The summed E-state index contributed by atoms with van der Waals surface area (Å²) in [5, 5.41) is 5.73. The average Bonchev–Trinajstić information content (AvgIpc) is 2.83. The van der Waals surface area contributed by atoms with Gasteiger partial charge in [0, 0.05) is 22.7 Å². The van der Waals surface area contributed by atoms with Crippen molar-refractivity contribution in [1.82, 2.24) is 0 Å². The van der Waals surface area contributed by atoms with Crippen LogP contribution >= 0.6 is 0 Å². The number of benzene rings is 4. The smallest absolute Gasteiger partial charge is 0.399 e. The summed E-state index contributed by atoms with van der Waals surface area (Å²) in [6.45, 7) is 0. The fourth-order valence-corrected chi connectivity index (χ4v) is 4.29. The molecule has 4 rings (SSSR count). The molecular formula is C27H24F6N6. The van der Waals surface area contributed by atoms with Gasteiger partial charge >= 0.3 is 12.4 Å². The zero-order valence-corrected chi connectivity index (χ0v) is 20.2. The SMILES string of the molecule is Nc1ccc(Nc2ccc(C(c3ccc(Nc4ccc(N)cc4N)cc3)(C(F)(F)F)C(F)(F)F)cc2)c(N)c1. The maximum Gasteiger partial charge on any atom is 0.411 e. The Morgan fingerprint density at radius 2 is 0.795 bits per heavy atom. The van der Waals surface area contributed by atoms with Crippen molar-refractivity contribution in [2.45, 2.75) is 17.8 Å². The van der Waals surface area contributed by atoms with E-state index in [0.717, 1.165) is 48.5 Å². The summed E-state index contributed by atoms with van der Waals surface area (Å²) in [5.41, 5.74) is 19.3. The molecule has 12 heteroatoms. The third kappa shape index (κ3) is 5.17. The van der Waals surface area contributed by atoms with Crippen LogP contribution in [0.2, 0.25) is 0 Å². The van der Waals surface area contributed by atoms with Crippen LogP contribution in [0.4, 0.5) is 71.8 Å². The van der Waals surface area contributed by atoms with E-state index in [0.29, 0.717) is 22.7 Å². The number of alkyl halides is 6. The summed E-state index contributed by atoms with van der Waals surface area (Å²) in [6, 6.07) is 16.8. The predicted molar refractivity (Wildman–Crippen MR) is 143 cm³/mol. The number of nitrogens with two attached hydrogens (primary N) is 4. The summed E-state index contributed by atoms with van der Waals surface area (Å²) in [5.74, 6) is 0. The van der Waals surface area contributed by atoms with Crippen LogP contribution in [-0.4, -0.2) is 12.4 Å². The molecular weight excluding hydrogens is 522 g/mol. The standard InChI is InChI=1S/C27H24F6N6/c28-26(29,30)25(27(31,32)33,15-1-7-19(8-2-15)38-23-11-5-17(34)13-21(23)36)16-3-9-20(10-4-16)39-24-12-6-18(35)14-22(24)37/h1-14,38-39H,34-37H2. The molecule has 0 atom stereocenters.